The third-order valence-corrected chi connectivity index (χ3v) is 5.17. The van der Waals surface area contributed by atoms with Crippen molar-refractivity contribution >= 4 is 23.0 Å². The minimum atomic E-state index is -8.78. The summed E-state index contributed by atoms with van der Waals surface area (Å²) in [5.74, 6) is -62.0. The summed E-state index contributed by atoms with van der Waals surface area (Å²) in [7, 11) is 0. The number of carbonyl (C=O) groups is 1. The summed E-state index contributed by atoms with van der Waals surface area (Å²) in [4.78, 5) is 11.6. The predicted octanol–water partition coefficient (Wildman–Crippen LogP) is 9.05. The molecule has 0 unspecified atom stereocenters. The average molecular weight is 643 g/mol. The summed E-state index contributed by atoms with van der Waals surface area (Å²) < 4.78 is 227. The Morgan fingerprint density at radius 1 is 0.476 bits per heavy atom. The molecule has 1 amide bonds. The molecular weight excluding hydrogens is 633 g/mol. The number of carbonyl (C=O) groups excluding carboxylic acids is 1. The number of nitrogens with one attached hydrogen (secondary N) is 1. The van der Waals surface area contributed by atoms with Gasteiger partial charge in [0.1, 0.15) is 0 Å². The van der Waals surface area contributed by atoms with Gasteiger partial charge in [0.25, 0.3) is 0 Å². The number of anilines is 1. The molecule has 0 bridgehead atoms. The number of alkyl halides is 17. The van der Waals surface area contributed by atoms with Crippen LogP contribution in [-0.2, 0) is 4.79 Å². The van der Waals surface area contributed by atoms with E-state index in [1.807, 2.05) is 0 Å². The zero-order valence-electron chi connectivity index (χ0n) is 19.4. The summed E-state index contributed by atoms with van der Waals surface area (Å²) >= 11 is 0. The van der Waals surface area contributed by atoms with Crippen LogP contribution in [0.4, 0.5) is 91.7 Å². The lowest BCUT2D eigenvalue weighted by Crippen LogP contribution is -2.75. The Balaban J connectivity index is 2.38. The monoisotopic (exact) mass is 643 g/mol. The first kappa shape index (κ1) is 34.5. The number of hydrogen-bond donors (Lipinski definition) is 1. The molecule has 2 rings (SSSR count). The van der Waals surface area contributed by atoms with E-state index in [0.29, 0.717) is 17.8 Å². The molecule has 0 aromatic heterocycles. The summed E-state index contributed by atoms with van der Waals surface area (Å²) in [6.07, 6.45) is -7.85. The van der Waals surface area contributed by atoms with Crippen LogP contribution < -0.4 is 5.32 Å². The normalized spacial score (nSPS) is 14.8. The first-order valence-corrected chi connectivity index (χ1v) is 10.3. The van der Waals surface area contributed by atoms with Gasteiger partial charge in [-0.25, -0.2) is 0 Å². The van der Waals surface area contributed by atoms with Crippen LogP contribution in [0.3, 0.4) is 0 Å². The second-order valence-electron chi connectivity index (χ2n) is 8.06. The Bertz CT molecular complexity index is 1290. The van der Waals surface area contributed by atoms with Gasteiger partial charge in [0.15, 0.2) is 0 Å². The van der Waals surface area contributed by atoms with Gasteiger partial charge < -0.3 is 5.32 Å². The van der Waals surface area contributed by atoms with E-state index in [0.717, 1.165) is 17.4 Å². The fourth-order valence-corrected chi connectivity index (χ4v) is 2.74. The van der Waals surface area contributed by atoms with Crippen molar-refractivity contribution in [3.63, 3.8) is 0 Å². The van der Waals surface area contributed by atoms with E-state index in [-0.39, 0.29) is 5.69 Å². The van der Waals surface area contributed by atoms with E-state index < -0.39 is 59.2 Å². The summed E-state index contributed by atoms with van der Waals surface area (Å²) in [6.45, 7) is 0. The Morgan fingerprint density at radius 2 is 0.833 bits per heavy atom. The number of rotatable bonds is 10. The Morgan fingerprint density at radius 3 is 1.24 bits per heavy atom. The molecule has 0 saturated carbocycles. The van der Waals surface area contributed by atoms with Crippen LogP contribution in [0.1, 0.15) is 0 Å². The molecule has 0 atom stereocenters. The third-order valence-electron chi connectivity index (χ3n) is 5.17. The molecule has 0 radical (unpaired) electrons. The fraction of sp³-hybridized carbons (Fsp3) is 0.381. The van der Waals surface area contributed by atoms with Crippen molar-refractivity contribution in [3.05, 3.63) is 54.6 Å². The maximum absolute atomic E-state index is 14.0. The highest BCUT2D eigenvalue weighted by Gasteiger charge is 2.95. The molecule has 0 aliphatic rings. The highest BCUT2D eigenvalue weighted by molar-refractivity contribution is 5.97. The van der Waals surface area contributed by atoms with Crippen molar-refractivity contribution in [1.82, 2.24) is 0 Å². The molecule has 2 aromatic carbocycles. The highest BCUT2D eigenvalue weighted by Crippen LogP contribution is 2.64. The molecule has 0 saturated heterocycles. The fourth-order valence-electron chi connectivity index (χ4n) is 2.74. The minimum absolute atomic E-state index is 0.112. The van der Waals surface area contributed by atoms with Crippen molar-refractivity contribution in [3.8, 4) is 0 Å². The molecule has 234 valence electrons. The van der Waals surface area contributed by atoms with Crippen LogP contribution in [0.15, 0.2) is 64.8 Å². The van der Waals surface area contributed by atoms with E-state index in [2.05, 4.69) is 10.2 Å². The van der Waals surface area contributed by atoms with E-state index in [4.69, 9.17) is 0 Å². The van der Waals surface area contributed by atoms with Gasteiger partial charge in [-0.15, -0.1) is 0 Å². The number of azo groups is 1. The van der Waals surface area contributed by atoms with Gasteiger partial charge in [0.05, 0.1) is 11.4 Å². The lowest BCUT2D eigenvalue weighted by molar-refractivity contribution is -0.459. The number of halogens is 17. The first-order chi connectivity index (χ1) is 18.7. The maximum atomic E-state index is 14.0. The van der Waals surface area contributed by atoms with Gasteiger partial charge in [-0.05, 0) is 36.4 Å². The predicted molar refractivity (Wildman–Crippen MR) is 106 cm³/mol. The van der Waals surface area contributed by atoms with E-state index in [9.17, 15) is 79.4 Å². The molecule has 4 nitrogen and oxygen atoms in total. The third kappa shape index (κ3) is 5.32. The van der Waals surface area contributed by atoms with Gasteiger partial charge in [-0.1, -0.05) is 18.2 Å². The molecule has 0 aliphatic heterocycles. The van der Waals surface area contributed by atoms with Crippen molar-refractivity contribution in [2.24, 2.45) is 10.2 Å². The number of nitrogens with zero attached hydrogens (tertiary/aromatic N) is 2. The highest BCUT2D eigenvalue weighted by atomic mass is 19.4. The van der Waals surface area contributed by atoms with Crippen LogP contribution in [0.25, 0.3) is 0 Å². The van der Waals surface area contributed by atoms with Crippen molar-refractivity contribution in [1.29, 1.82) is 0 Å². The van der Waals surface area contributed by atoms with Gasteiger partial charge in [-0.3, -0.25) is 4.79 Å². The topological polar surface area (TPSA) is 53.8 Å². The van der Waals surface area contributed by atoms with E-state index in [1.54, 1.807) is 18.2 Å². The zero-order chi connectivity index (χ0) is 32.8. The molecule has 0 spiro atoms. The van der Waals surface area contributed by atoms with Crippen LogP contribution >= 0.6 is 0 Å². The minimum Gasteiger partial charge on any atom is -0.321 e. The second kappa shape index (κ2) is 10.5. The lowest BCUT2D eigenvalue weighted by Gasteiger charge is -2.42. The Kier molecular flexibility index (Phi) is 8.67. The molecule has 0 fully saturated rings. The molecule has 0 heterocycles. The quantitative estimate of drug-likeness (QED) is 0.204. The molecular formula is C21H10F17N3O. The zero-order valence-corrected chi connectivity index (χ0v) is 19.4. The summed E-state index contributed by atoms with van der Waals surface area (Å²) in [6, 6.07) is 10.5. The lowest BCUT2D eigenvalue weighted by atomic mass is 9.89. The van der Waals surface area contributed by atoms with E-state index >= 15 is 0 Å². The smallest absolute Gasteiger partial charge is 0.321 e. The Labute approximate surface area is 221 Å². The number of benzene rings is 2. The Hall–Kier alpha value is -3.68. The van der Waals surface area contributed by atoms with Crippen molar-refractivity contribution in [2.45, 2.75) is 47.6 Å². The molecule has 42 heavy (non-hydrogen) atoms. The molecule has 21 heteroatoms. The van der Waals surface area contributed by atoms with Crippen molar-refractivity contribution < 1.29 is 79.4 Å². The average Bonchev–Trinajstić information content (AvgIpc) is 2.87. The standard InChI is InChI=1S/C21H10F17N3O/c22-14(23,13(42)39-10-6-8-12(9-7-10)41-40-11-4-2-1-3-5-11)15(24,25)16(26,27)17(28,29)18(30,31)19(32,33)20(34,35)21(36,37)38/h1-9H,(H,39,42). The number of hydrogen-bond acceptors (Lipinski definition) is 3. The molecule has 1 N–H and O–H groups in total. The summed E-state index contributed by atoms with van der Waals surface area (Å²) in [5, 5.41) is 8.12. The van der Waals surface area contributed by atoms with Crippen LogP contribution in [-0.4, -0.2) is 53.5 Å². The maximum Gasteiger partial charge on any atom is 0.460 e. The van der Waals surface area contributed by atoms with E-state index in [1.165, 1.54) is 12.1 Å². The molecule has 0 aliphatic carbocycles. The van der Waals surface area contributed by atoms with Gasteiger partial charge in [0, 0.05) is 5.69 Å². The molecule has 2 aromatic rings. The van der Waals surface area contributed by atoms with Crippen LogP contribution in [0.2, 0.25) is 0 Å². The largest absolute Gasteiger partial charge is 0.460 e. The summed E-state index contributed by atoms with van der Waals surface area (Å²) in [5.41, 5.74) is -0.801. The first-order valence-electron chi connectivity index (χ1n) is 10.3. The SMILES string of the molecule is O=C(Nc1ccc(N=Nc2ccccc2)cc1)C(F)(F)C(F)(F)C(F)(F)C(F)(F)C(F)(F)C(F)(F)C(F)(F)C(F)(F)F. The van der Waals surface area contributed by atoms with Crippen LogP contribution in [0.5, 0.6) is 0 Å². The second-order valence-corrected chi connectivity index (χ2v) is 8.06. The van der Waals surface area contributed by atoms with Crippen LogP contribution in [0, 0.1) is 0 Å². The van der Waals surface area contributed by atoms with Gasteiger partial charge in [-0.2, -0.15) is 84.9 Å². The van der Waals surface area contributed by atoms with Crippen molar-refractivity contribution in [2.75, 3.05) is 5.32 Å². The number of amides is 1. The van der Waals surface area contributed by atoms with Gasteiger partial charge in [0.2, 0.25) is 0 Å². The van der Waals surface area contributed by atoms with Gasteiger partial charge >= 0.3 is 53.5 Å².